The van der Waals surface area contributed by atoms with E-state index in [2.05, 4.69) is 41.4 Å². The summed E-state index contributed by atoms with van der Waals surface area (Å²) in [5.41, 5.74) is 2.02. The van der Waals surface area contributed by atoms with Crippen LogP contribution < -0.4 is 19.1 Å². The second kappa shape index (κ2) is 13.5. The maximum absolute atomic E-state index is 13.8. The fraction of sp³-hybridized carbons (Fsp3) is 0.222. The number of ether oxygens (including phenoxy) is 3. The number of amides is 1. The van der Waals surface area contributed by atoms with E-state index < -0.39 is 17.7 Å². The van der Waals surface area contributed by atoms with Gasteiger partial charge in [0, 0.05) is 11.3 Å². The molecule has 47 heavy (non-hydrogen) atoms. The van der Waals surface area contributed by atoms with Crippen molar-refractivity contribution in [3.63, 3.8) is 0 Å². The lowest BCUT2D eigenvalue weighted by Gasteiger charge is -2.23. The smallest absolute Gasteiger partial charge is 0.301 e. The summed E-state index contributed by atoms with van der Waals surface area (Å²) in [5, 5.41) is 23.0. The van der Waals surface area contributed by atoms with E-state index in [0.717, 1.165) is 29.2 Å². The van der Waals surface area contributed by atoms with Gasteiger partial charge in [-0.2, -0.15) is 0 Å². The zero-order chi connectivity index (χ0) is 32.3. The highest BCUT2D eigenvalue weighted by atomic mass is 32.2. The van der Waals surface area contributed by atoms with Gasteiger partial charge in [-0.15, -0.1) is 10.2 Å². The fourth-order valence-electron chi connectivity index (χ4n) is 5.72. The number of unbranched alkanes of at least 4 members (excludes halogenated alkanes) is 1. The maximum Gasteiger partial charge on any atom is 0.301 e. The van der Waals surface area contributed by atoms with Gasteiger partial charge in [0.25, 0.3) is 5.78 Å². The summed E-state index contributed by atoms with van der Waals surface area (Å²) in [7, 11) is 0. The first-order valence-electron chi connectivity index (χ1n) is 15.4. The SMILES string of the molecule is CCCCOc1cccc(C2C(=C(O)c3ccc4c(c3)OCCO4)C(=O)C(=O)N2c2nnc(SCc3cccc4ccccc34)s2)c1. The van der Waals surface area contributed by atoms with Crippen molar-refractivity contribution < 1.29 is 28.9 Å². The van der Waals surface area contributed by atoms with Crippen LogP contribution in [0.1, 0.15) is 42.5 Å². The summed E-state index contributed by atoms with van der Waals surface area (Å²) in [6, 6.07) is 25.6. The van der Waals surface area contributed by atoms with Crippen molar-refractivity contribution >= 4 is 56.5 Å². The number of carbonyl (C=O) groups excluding carboxylic acids is 2. The molecule has 5 aromatic rings. The van der Waals surface area contributed by atoms with E-state index in [1.165, 1.54) is 28.0 Å². The third-order valence-electron chi connectivity index (χ3n) is 8.03. The molecule has 238 valence electrons. The van der Waals surface area contributed by atoms with Crippen LogP contribution in [0.4, 0.5) is 5.13 Å². The highest BCUT2D eigenvalue weighted by molar-refractivity contribution is 8.00. The van der Waals surface area contributed by atoms with Crippen molar-refractivity contribution in [2.24, 2.45) is 0 Å². The third-order valence-corrected chi connectivity index (χ3v) is 10.1. The van der Waals surface area contributed by atoms with E-state index in [1.54, 1.807) is 24.3 Å². The van der Waals surface area contributed by atoms with Gasteiger partial charge in [-0.25, -0.2) is 0 Å². The largest absolute Gasteiger partial charge is 0.507 e. The molecule has 1 aromatic heterocycles. The van der Waals surface area contributed by atoms with Gasteiger partial charge in [-0.3, -0.25) is 14.5 Å². The number of rotatable bonds is 10. The molecule has 1 amide bonds. The Morgan fingerprint density at radius 1 is 0.979 bits per heavy atom. The van der Waals surface area contributed by atoms with Crippen LogP contribution in [0.15, 0.2) is 94.8 Å². The molecule has 0 radical (unpaired) electrons. The van der Waals surface area contributed by atoms with Crippen LogP contribution in [-0.2, 0) is 15.3 Å². The van der Waals surface area contributed by atoms with E-state index >= 15 is 0 Å². The summed E-state index contributed by atoms with van der Waals surface area (Å²) >= 11 is 2.74. The molecular formula is C36H31N3O6S2. The second-order valence-electron chi connectivity index (χ2n) is 11.1. The van der Waals surface area contributed by atoms with Crippen molar-refractivity contribution in [2.45, 2.75) is 35.9 Å². The van der Waals surface area contributed by atoms with E-state index in [4.69, 9.17) is 14.2 Å². The Hall–Kier alpha value is -4.87. The number of nitrogens with zero attached hydrogens (tertiary/aromatic N) is 3. The molecule has 1 atom stereocenters. The van der Waals surface area contributed by atoms with Crippen molar-refractivity contribution in [3.8, 4) is 17.2 Å². The molecule has 1 unspecified atom stereocenters. The number of ketones is 1. The molecule has 0 bridgehead atoms. The van der Waals surface area contributed by atoms with Crippen LogP contribution in [-0.4, -0.2) is 46.8 Å². The van der Waals surface area contributed by atoms with E-state index in [0.29, 0.717) is 58.3 Å². The molecule has 9 nitrogen and oxygen atoms in total. The van der Waals surface area contributed by atoms with Crippen molar-refractivity contribution in [3.05, 3.63) is 107 Å². The van der Waals surface area contributed by atoms with E-state index in [9.17, 15) is 14.7 Å². The van der Waals surface area contributed by atoms with Crippen molar-refractivity contribution in [1.82, 2.24) is 10.2 Å². The Bertz CT molecular complexity index is 2000. The zero-order valence-corrected chi connectivity index (χ0v) is 27.2. The average molecular weight is 666 g/mol. The molecule has 1 N–H and O–H groups in total. The number of carbonyl (C=O) groups is 2. The quantitative estimate of drug-likeness (QED) is 0.0403. The Morgan fingerprint density at radius 3 is 2.66 bits per heavy atom. The summed E-state index contributed by atoms with van der Waals surface area (Å²) in [4.78, 5) is 28.9. The van der Waals surface area contributed by atoms with Gasteiger partial charge >= 0.3 is 5.91 Å². The van der Waals surface area contributed by atoms with Gasteiger partial charge in [0.1, 0.15) is 24.7 Å². The molecular weight excluding hydrogens is 635 g/mol. The number of hydrogen-bond acceptors (Lipinski definition) is 10. The van der Waals surface area contributed by atoms with E-state index in [1.807, 2.05) is 36.4 Å². The van der Waals surface area contributed by atoms with Gasteiger partial charge in [-0.1, -0.05) is 91.0 Å². The van der Waals surface area contributed by atoms with Crippen LogP contribution in [0, 0.1) is 0 Å². The minimum absolute atomic E-state index is 0.0578. The van der Waals surface area contributed by atoms with Gasteiger partial charge in [0.05, 0.1) is 18.2 Å². The van der Waals surface area contributed by atoms with Gasteiger partial charge in [-0.05, 0) is 58.7 Å². The molecule has 2 aliphatic heterocycles. The molecule has 11 heteroatoms. The zero-order valence-electron chi connectivity index (χ0n) is 25.5. The third kappa shape index (κ3) is 6.16. The van der Waals surface area contributed by atoms with Crippen molar-refractivity contribution in [1.29, 1.82) is 0 Å². The molecule has 2 aliphatic rings. The number of hydrogen-bond donors (Lipinski definition) is 1. The number of thioether (sulfide) groups is 1. The summed E-state index contributed by atoms with van der Waals surface area (Å²) < 4.78 is 18.0. The Kier molecular flexibility index (Phi) is 8.82. The number of fused-ring (bicyclic) bond motifs is 2. The monoisotopic (exact) mass is 665 g/mol. The van der Waals surface area contributed by atoms with Gasteiger partial charge in [0.15, 0.2) is 15.8 Å². The molecule has 0 aliphatic carbocycles. The highest BCUT2D eigenvalue weighted by Crippen LogP contribution is 2.45. The van der Waals surface area contributed by atoms with Crippen LogP contribution in [0.2, 0.25) is 0 Å². The Morgan fingerprint density at radius 2 is 1.79 bits per heavy atom. The average Bonchev–Trinajstić information content (AvgIpc) is 3.68. The Balaban J connectivity index is 1.25. The summed E-state index contributed by atoms with van der Waals surface area (Å²) in [5.74, 6) is 0.315. The number of aromatic nitrogens is 2. The number of Topliss-reactive ketones (excluding diaryl/α,β-unsaturated/α-hetero) is 1. The first-order valence-corrected chi connectivity index (χ1v) is 17.2. The minimum atomic E-state index is -0.971. The predicted molar refractivity (Wildman–Crippen MR) is 182 cm³/mol. The minimum Gasteiger partial charge on any atom is -0.507 e. The second-order valence-corrected chi connectivity index (χ2v) is 13.3. The lowest BCUT2D eigenvalue weighted by Crippen LogP contribution is -2.29. The first-order chi connectivity index (χ1) is 23.0. The summed E-state index contributed by atoms with van der Waals surface area (Å²) in [6.07, 6.45) is 1.87. The molecule has 3 heterocycles. The van der Waals surface area contributed by atoms with Crippen LogP contribution in [0.5, 0.6) is 17.2 Å². The highest BCUT2D eigenvalue weighted by Gasteiger charge is 2.48. The molecule has 0 spiro atoms. The molecule has 4 aromatic carbocycles. The maximum atomic E-state index is 13.8. The molecule has 1 saturated heterocycles. The summed E-state index contributed by atoms with van der Waals surface area (Å²) in [6.45, 7) is 3.40. The normalized spacial score (nSPS) is 17.0. The topological polar surface area (TPSA) is 111 Å². The lowest BCUT2D eigenvalue weighted by atomic mass is 9.95. The number of anilines is 1. The van der Waals surface area contributed by atoms with Crippen LogP contribution in [0.25, 0.3) is 16.5 Å². The molecule has 1 fully saturated rings. The fourth-order valence-corrected chi connectivity index (χ4v) is 7.59. The predicted octanol–water partition coefficient (Wildman–Crippen LogP) is 7.56. The Labute approximate surface area is 279 Å². The number of aliphatic hydroxyl groups is 1. The van der Waals surface area contributed by atoms with Crippen LogP contribution in [0.3, 0.4) is 0 Å². The number of benzene rings is 4. The first kappa shape index (κ1) is 30.8. The van der Waals surface area contributed by atoms with Gasteiger partial charge < -0.3 is 19.3 Å². The molecule has 0 saturated carbocycles. The standard InChI is InChI=1S/C36H31N3O6S2/c1-2-3-16-43-26-12-7-10-23(19-26)31-30(32(40)24-14-15-28-29(20-24)45-18-17-44-28)33(41)34(42)39(31)35-37-38-36(47-35)46-21-25-11-6-9-22-8-4-5-13-27(22)25/h4-15,19-20,31,40H,2-3,16-18,21H2,1H3. The van der Waals surface area contributed by atoms with Crippen molar-refractivity contribution in [2.75, 3.05) is 24.7 Å². The molecule has 7 rings (SSSR count). The van der Waals surface area contributed by atoms with E-state index in [-0.39, 0.29) is 16.5 Å². The van der Waals surface area contributed by atoms with Crippen LogP contribution >= 0.6 is 23.1 Å². The number of aliphatic hydroxyl groups excluding tert-OH is 1. The lowest BCUT2D eigenvalue weighted by molar-refractivity contribution is -0.132. The van der Waals surface area contributed by atoms with Gasteiger partial charge in [0.2, 0.25) is 5.13 Å².